The molecule has 0 unspecified atom stereocenters. The van der Waals surface area contributed by atoms with E-state index in [0.29, 0.717) is 5.56 Å². The van der Waals surface area contributed by atoms with E-state index in [1.54, 1.807) is 30.3 Å². The summed E-state index contributed by atoms with van der Waals surface area (Å²) in [5, 5.41) is 6.98. The second-order valence-corrected chi connectivity index (χ2v) is 7.32. The number of benzene rings is 2. The van der Waals surface area contributed by atoms with Crippen LogP contribution in [0.15, 0.2) is 48.5 Å². The van der Waals surface area contributed by atoms with Crippen LogP contribution in [0.25, 0.3) is 0 Å². The molecule has 2 heterocycles. The molecular formula is C21H16F6N4O. The minimum atomic E-state index is -4.74. The quantitative estimate of drug-likeness (QED) is 0.520. The normalized spacial score (nSPS) is 16.7. The Morgan fingerprint density at radius 3 is 2.22 bits per heavy atom. The minimum Gasteiger partial charge on any atom is -0.322 e. The Kier molecular flexibility index (Phi) is 5.22. The third-order valence-electron chi connectivity index (χ3n) is 5.40. The third kappa shape index (κ3) is 3.71. The molecule has 0 saturated carbocycles. The van der Waals surface area contributed by atoms with Crippen LogP contribution in [0.5, 0.6) is 0 Å². The van der Waals surface area contributed by atoms with Gasteiger partial charge in [0.05, 0.1) is 5.56 Å². The molecule has 2 aromatic carbocycles. The van der Waals surface area contributed by atoms with Crippen molar-refractivity contribution in [1.82, 2.24) is 19.7 Å². The molecule has 1 aromatic heterocycles. The Morgan fingerprint density at radius 1 is 0.906 bits per heavy atom. The Labute approximate surface area is 178 Å². The molecule has 3 aromatic rings. The number of amides is 1. The molecule has 5 nitrogen and oxygen atoms in total. The van der Waals surface area contributed by atoms with E-state index in [9.17, 15) is 31.1 Å². The molecule has 0 saturated heterocycles. The van der Waals surface area contributed by atoms with Crippen LogP contribution >= 0.6 is 0 Å². The molecule has 4 rings (SSSR count). The zero-order chi connectivity index (χ0) is 23.3. The maximum Gasteiger partial charge on any atom is 0.451 e. The number of fused-ring (bicyclic) bond motifs is 1. The predicted molar refractivity (Wildman–Crippen MR) is 101 cm³/mol. The highest BCUT2D eigenvalue weighted by Gasteiger charge is 2.44. The summed E-state index contributed by atoms with van der Waals surface area (Å²) in [6.45, 7) is 0.786. The minimum absolute atomic E-state index is 0.104. The zero-order valence-corrected chi connectivity index (χ0v) is 16.6. The largest absolute Gasteiger partial charge is 0.451 e. The molecular weight excluding hydrogens is 438 g/mol. The van der Waals surface area contributed by atoms with Gasteiger partial charge in [0.1, 0.15) is 6.04 Å². The van der Waals surface area contributed by atoms with Crippen LogP contribution in [0.4, 0.5) is 26.3 Å². The number of halogens is 6. The number of hydrogen-bond acceptors (Lipinski definition) is 3. The fraction of sp³-hybridized carbons (Fsp3) is 0.286. The predicted octanol–water partition coefficient (Wildman–Crippen LogP) is 4.87. The van der Waals surface area contributed by atoms with Gasteiger partial charge in [-0.15, -0.1) is 10.2 Å². The summed E-state index contributed by atoms with van der Waals surface area (Å²) in [6.07, 6.45) is -9.39. The number of carbonyl (C=O) groups is 1. The van der Waals surface area contributed by atoms with Crippen molar-refractivity contribution in [1.29, 1.82) is 0 Å². The van der Waals surface area contributed by atoms with Crippen LogP contribution < -0.4 is 0 Å². The molecule has 0 fully saturated rings. The summed E-state index contributed by atoms with van der Waals surface area (Å²) >= 11 is 0. The van der Waals surface area contributed by atoms with Crippen molar-refractivity contribution in [2.45, 2.75) is 31.9 Å². The van der Waals surface area contributed by atoms with Crippen LogP contribution in [-0.2, 0) is 18.9 Å². The first-order valence-electron chi connectivity index (χ1n) is 9.53. The van der Waals surface area contributed by atoms with Gasteiger partial charge in [0.15, 0.2) is 5.82 Å². The number of hydrogen-bond donors (Lipinski definition) is 0. The number of nitrogens with zero attached hydrogens (tertiary/aromatic N) is 4. The van der Waals surface area contributed by atoms with Gasteiger partial charge in [-0.05, 0) is 30.2 Å². The van der Waals surface area contributed by atoms with Crippen LogP contribution in [0.2, 0.25) is 0 Å². The standard InChI is InChI=1S/C21H16F6N4O/c1-12-14(8-5-9-15(12)20(22,23)24)18(32)30-10-11-31-17(28-29-19(31)21(25,26)27)16(30)13-6-3-2-4-7-13/h2-9,16H,10-11H2,1H3/t16-/m1/s1. The first kappa shape index (κ1) is 21.8. The first-order valence-corrected chi connectivity index (χ1v) is 9.53. The van der Waals surface area contributed by atoms with Crippen molar-refractivity contribution in [3.63, 3.8) is 0 Å². The highest BCUT2D eigenvalue weighted by Crippen LogP contribution is 2.38. The number of carbonyl (C=O) groups excluding carboxylic acids is 1. The van der Waals surface area contributed by atoms with Crippen LogP contribution in [0.1, 0.15) is 44.7 Å². The fourth-order valence-electron chi connectivity index (χ4n) is 3.94. The molecule has 0 bridgehead atoms. The van der Waals surface area contributed by atoms with E-state index in [4.69, 9.17) is 0 Å². The number of rotatable bonds is 2. The summed E-state index contributed by atoms with van der Waals surface area (Å²) in [5.41, 5.74) is -0.906. The molecule has 11 heteroatoms. The van der Waals surface area contributed by atoms with Crippen molar-refractivity contribution < 1.29 is 31.1 Å². The Hall–Kier alpha value is -3.37. The summed E-state index contributed by atoms with van der Waals surface area (Å²) in [4.78, 5) is 14.6. The summed E-state index contributed by atoms with van der Waals surface area (Å²) < 4.78 is 81.0. The summed E-state index contributed by atoms with van der Waals surface area (Å²) in [5.74, 6) is -2.02. The Balaban J connectivity index is 1.83. The van der Waals surface area contributed by atoms with Gasteiger partial charge in [-0.3, -0.25) is 4.79 Å². The lowest BCUT2D eigenvalue weighted by Crippen LogP contribution is -2.44. The van der Waals surface area contributed by atoms with Crippen LogP contribution in [0, 0.1) is 6.92 Å². The van der Waals surface area contributed by atoms with E-state index in [1.807, 2.05) is 0 Å². The van der Waals surface area contributed by atoms with Gasteiger partial charge in [-0.2, -0.15) is 26.3 Å². The lowest BCUT2D eigenvalue weighted by Gasteiger charge is -2.36. The van der Waals surface area contributed by atoms with Gasteiger partial charge < -0.3 is 9.47 Å². The molecule has 0 aliphatic carbocycles. The number of aromatic nitrogens is 3. The van der Waals surface area contributed by atoms with Gasteiger partial charge >= 0.3 is 12.4 Å². The molecule has 1 aliphatic heterocycles. The lowest BCUT2D eigenvalue weighted by molar-refractivity contribution is -0.148. The molecule has 168 valence electrons. The maximum absolute atomic E-state index is 13.4. The van der Waals surface area contributed by atoms with Gasteiger partial charge in [0, 0.05) is 18.7 Å². The van der Waals surface area contributed by atoms with E-state index in [0.717, 1.165) is 16.7 Å². The summed E-state index contributed by atoms with van der Waals surface area (Å²) in [7, 11) is 0. The van der Waals surface area contributed by atoms with Gasteiger partial charge in [0.25, 0.3) is 5.91 Å². The van der Waals surface area contributed by atoms with E-state index >= 15 is 0 Å². The molecule has 0 N–H and O–H groups in total. The number of alkyl halides is 6. The molecule has 1 atom stereocenters. The van der Waals surface area contributed by atoms with Gasteiger partial charge in [0.2, 0.25) is 5.82 Å². The maximum atomic E-state index is 13.4. The third-order valence-corrected chi connectivity index (χ3v) is 5.40. The van der Waals surface area contributed by atoms with Crippen molar-refractivity contribution in [2.75, 3.05) is 6.54 Å². The topological polar surface area (TPSA) is 51.0 Å². The van der Waals surface area contributed by atoms with E-state index in [2.05, 4.69) is 10.2 Å². The van der Waals surface area contributed by atoms with Crippen LogP contribution in [-0.4, -0.2) is 32.1 Å². The monoisotopic (exact) mass is 454 g/mol. The average Bonchev–Trinajstić information content (AvgIpc) is 3.17. The van der Waals surface area contributed by atoms with E-state index < -0.39 is 35.7 Å². The highest BCUT2D eigenvalue weighted by molar-refractivity contribution is 5.96. The second kappa shape index (κ2) is 7.64. The fourth-order valence-corrected chi connectivity index (χ4v) is 3.94. The zero-order valence-electron chi connectivity index (χ0n) is 16.6. The van der Waals surface area contributed by atoms with Crippen LogP contribution in [0.3, 0.4) is 0 Å². The molecule has 0 radical (unpaired) electrons. The molecule has 1 aliphatic rings. The smallest absolute Gasteiger partial charge is 0.322 e. The highest BCUT2D eigenvalue weighted by atomic mass is 19.4. The van der Waals surface area contributed by atoms with Gasteiger partial charge in [-0.25, -0.2) is 0 Å². The van der Waals surface area contributed by atoms with Gasteiger partial charge in [-0.1, -0.05) is 36.4 Å². The molecule has 32 heavy (non-hydrogen) atoms. The molecule has 0 spiro atoms. The Bertz CT molecular complexity index is 1150. The van der Waals surface area contributed by atoms with Crippen molar-refractivity contribution >= 4 is 5.91 Å². The lowest BCUT2D eigenvalue weighted by atomic mass is 9.97. The van der Waals surface area contributed by atoms with Crippen molar-refractivity contribution in [2.24, 2.45) is 0 Å². The van der Waals surface area contributed by atoms with Crippen molar-refractivity contribution in [3.05, 3.63) is 82.4 Å². The summed E-state index contributed by atoms with van der Waals surface area (Å²) in [6, 6.07) is 10.5. The van der Waals surface area contributed by atoms with E-state index in [-0.39, 0.29) is 30.0 Å². The van der Waals surface area contributed by atoms with E-state index in [1.165, 1.54) is 17.9 Å². The van der Waals surface area contributed by atoms with Crippen molar-refractivity contribution in [3.8, 4) is 0 Å². The average molecular weight is 454 g/mol. The SMILES string of the molecule is Cc1c(C(=O)N2CCn3c(nnc3C(F)(F)F)[C@H]2c2ccccc2)cccc1C(F)(F)F. The first-order chi connectivity index (χ1) is 15.0. The second-order valence-electron chi connectivity index (χ2n) is 7.32. The Morgan fingerprint density at radius 2 is 1.59 bits per heavy atom. The molecule has 1 amide bonds.